The Morgan fingerprint density at radius 1 is 0.929 bits per heavy atom. The van der Waals surface area contributed by atoms with E-state index in [4.69, 9.17) is 4.74 Å². The lowest BCUT2D eigenvalue weighted by atomic mass is 10.1. The van der Waals surface area contributed by atoms with E-state index in [2.05, 4.69) is 39.9 Å². The van der Waals surface area contributed by atoms with Crippen molar-refractivity contribution in [3.63, 3.8) is 0 Å². The van der Waals surface area contributed by atoms with Crippen LogP contribution in [-0.2, 0) is 11.2 Å². The Morgan fingerprint density at radius 3 is 2.39 bits per heavy atom. The van der Waals surface area contributed by atoms with E-state index in [-0.39, 0.29) is 12.3 Å². The zero-order valence-corrected chi connectivity index (χ0v) is 15.8. The molecule has 28 heavy (non-hydrogen) atoms. The van der Waals surface area contributed by atoms with E-state index in [1.165, 1.54) is 5.56 Å². The molecule has 1 aromatic heterocycles. The minimum Gasteiger partial charge on any atom is -0.493 e. The maximum atomic E-state index is 12.0. The highest BCUT2D eigenvalue weighted by Crippen LogP contribution is 2.12. The van der Waals surface area contributed by atoms with Gasteiger partial charge in [-0.25, -0.2) is 4.98 Å². The molecule has 0 aliphatic heterocycles. The van der Waals surface area contributed by atoms with Crippen molar-refractivity contribution in [1.82, 2.24) is 4.98 Å². The lowest BCUT2D eigenvalue weighted by molar-refractivity contribution is -0.116. The number of nitrogens with zero attached hydrogens (tertiary/aromatic N) is 1. The Balaban J connectivity index is 1.33. The van der Waals surface area contributed by atoms with Gasteiger partial charge in [0.25, 0.3) is 0 Å². The van der Waals surface area contributed by atoms with Crippen molar-refractivity contribution < 1.29 is 9.53 Å². The van der Waals surface area contributed by atoms with Crippen LogP contribution in [0.25, 0.3) is 0 Å². The highest BCUT2D eigenvalue weighted by molar-refractivity contribution is 5.89. The summed E-state index contributed by atoms with van der Waals surface area (Å²) in [6.45, 7) is 1.20. The maximum Gasteiger partial charge on any atom is 0.228 e. The normalized spacial score (nSPS) is 10.3. The summed E-state index contributed by atoms with van der Waals surface area (Å²) in [5.74, 6) is 1.18. The topological polar surface area (TPSA) is 63.2 Å². The molecule has 2 aromatic carbocycles. The lowest BCUT2D eigenvalue weighted by Gasteiger charge is -2.09. The van der Waals surface area contributed by atoms with Crippen LogP contribution in [0.4, 0.5) is 11.5 Å². The van der Waals surface area contributed by atoms with Crippen molar-refractivity contribution in [3.05, 3.63) is 84.6 Å². The Hall–Kier alpha value is -3.34. The van der Waals surface area contributed by atoms with Crippen LogP contribution in [0.5, 0.6) is 5.75 Å². The second kappa shape index (κ2) is 10.7. The van der Waals surface area contributed by atoms with Gasteiger partial charge in [-0.1, -0.05) is 48.5 Å². The number of carbonyl (C=O) groups is 1. The van der Waals surface area contributed by atoms with E-state index in [0.717, 1.165) is 30.8 Å². The molecule has 0 radical (unpaired) electrons. The van der Waals surface area contributed by atoms with Crippen molar-refractivity contribution in [3.8, 4) is 5.75 Å². The summed E-state index contributed by atoms with van der Waals surface area (Å²) in [4.78, 5) is 16.3. The van der Waals surface area contributed by atoms with E-state index >= 15 is 0 Å². The van der Waals surface area contributed by atoms with Crippen molar-refractivity contribution in [2.75, 3.05) is 23.8 Å². The molecule has 144 valence electrons. The van der Waals surface area contributed by atoms with Gasteiger partial charge in [0.15, 0.2) is 0 Å². The second-order valence-electron chi connectivity index (χ2n) is 6.41. The Kier molecular flexibility index (Phi) is 7.44. The third-order valence-electron chi connectivity index (χ3n) is 4.19. The standard InChI is InChI=1S/C23H25N3O2/c27-23(15-17-28-21-11-5-2-6-12-21)26-22-14-13-20(18-25-22)24-16-7-10-19-8-3-1-4-9-19/h1-6,8-9,11-14,18,24H,7,10,15-17H2,(H,25,26,27). The van der Waals surface area contributed by atoms with Crippen LogP contribution in [0.15, 0.2) is 79.0 Å². The maximum absolute atomic E-state index is 12.0. The summed E-state index contributed by atoms with van der Waals surface area (Å²) in [5, 5.41) is 6.14. The minimum atomic E-state index is -0.119. The molecule has 1 heterocycles. The van der Waals surface area contributed by atoms with Gasteiger partial charge in [-0.2, -0.15) is 0 Å². The quantitative estimate of drug-likeness (QED) is 0.511. The molecule has 0 atom stereocenters. The first kappa shape index (κ1) is 19.4. The van der Waals surface area contributed by atoms with E-state index in [1.807, 2.05) is 42.5 Å². The van der Waals surface area contributed by atoms with Gasteiger partial charge in [-0.3, -0.25) is 4.79 Å². The third-order valence-corrected chi connectivity index (χ3v) is 4.19. The van der Waals surface area contributed by atoms with E-state index < -0.39 is 0 Å². The Labute approximate surface area is 165 Å². The van der Waals surface area contributed by atoms with E-state index in [0.29, 0.717) is 12.4 Å². The van der Waals surface area contributed by atoms with Crippen LogP contribution in [-0.4, -0.2) is 24.0 Å². The van der Waals surface area contributed by atoms with Crippen molar-refractivity contribution in [2.45, 2.75) is 19.3 Å². The Bertz CT molecular complexity index is 837. The summed E-state index contributed by atoms with van der Waals surface area (Å²) < 4.78 is 5.53. The van der Waals surface area contributed by atoms with Gasteiger partial charge in [-0.05, 0) is 42.7 Å². The fraction of sp³-hybridized carbons (Fsp3) is 0.217. The highest BCUT2D eigenvalue weighted by atomic mass is 16.5. The number of hydrogen-bond donors (Lipinski definition) is 2. The lowest BCUT2D eigenvalue weighted by Crippen LogP contribution is -2.16. The number of amides is 1. The van der Waals surface area contributed by atoms with Gasteiger partial charge in [0.05, 0.1) is 24.9 Å². The number of rotatable bonds is 10. The number of ether oxygens (including phenoxy) is 1. The summed E-state index contributed by atoms with van der Waals surface area (Å²) >= 11 is 0. The third kappa shape index (κ3) is 6.76. The molecule has 0 saturated carbocycles. The summed E-state index contributed by atoms with van der Waals surface area (Å²) in [6, 6.07) is 23.6. The predicted molar refractivity (Wildman–Crippen MR) is 113 cm³/mol. The highest BCUT2D eigenvalue weighted by Gasteiger charge is 2.04. The van der Waals surface area contributed by atoms with Crippen molar-refractivity contribution in [2.24, 2.45) is 0 Å². The summed E-state index contributed by atoms with van der Waals surface area (Å²) in [7, 11) is 0. The predicted octanol–water partition coefficient (Wildman–Crippen LogP) is 4.53. The van der Waals surface area contributed by atoms with Gasteiger partial charge in [-0.15, -0.1) is 0 Å². The first-order chi connectivity index (χ1) is 13.8. The van der Waals surface area contributed by atoms with Crippen LogP contribution < -0.4 is 15.4 Å². The van der Waals surface area contributed by atoms with Gasteiger partial charge in [0.1, 0.15) is 11.6 Å². The number of benzene rings is 2. The van der Waals surface area contributed by atoms with Gasteiger partial charge < -0.3 is 15.4 Å². The number of carbonyl (C=O) groups excluding carboxylic acids is 1. The molecule has 0 bridgehead atoms. The number of para-hydroxylation sites is 1. The van der Waals surface area contributed by atoms with Crippen molar-refractivity contribution >= 4 is 17.4 Å². The number of aryl methyl sites for hydroxylation is 1. The molecule has 5 nitrogen and oxygen atoms in total. The largest absolute Gasteiger partial charge is 0.493 e. The fourth-order valence-corrected chi connectivity index (χ4v) is 2.73. The van der Waals surface area contributed by atoms with Gasteiger partial charge in [0, 0.05) is 6.54 Å². The first-order valence-corrected chi connectivity index (χ1v) is 9.51. The zero-order valence-electron chi connectivity index (χ0n) is 15.8. The van der Waals surface area contributed by atoms with Crippen molar-refractivity contribution in [1.29, 1.82) is 0 Å². The molecule has 5 heteroatoms. The summed E-state index contributed by atoms with van der Waals surface area (Å²) in [5.41, 5.74) is 2.29. The number of anilines is 2. The molecular formula is C23H25N3O2. The first-order valence-electron chi connectivity index (χ1n) is 9.51. The number of aromatic nitrogens is 1. The molecule has 0 unspecified atom stereocenters. The fourth-order valence-electron chi connectivity index (χ4n) is 2.73. The summed E-state index contributed by atoms with van der Waals surface area (Å²) in [6.07, 6.45) is 4.10. The number of hydrogen-bond acceptors (Lipinski definition) is 4. The molecule has 1 amide bonds. The van der Waals surface area contributed by atoms with Crippen LogP contribution in [0.3, 0.4) is 0 Å². The molecule has 2 N–H and O–H groups in total. The van der Waals surface area contributed by atoms with Gasteiger partial charge in [0.2, 0.25) is 5.91 Å². The molecule has 3 rings (SSSR count). The molecule has 0 aliphatic carbocycles. The van der Waals surface area contributed by atoms with E-state index in [9.17, 15) is 4.79 Å². The Morgan fingerprint density at radius 2 is 1.68 bits per heavy atom. The second-order valence-corrected chi connectivity index (χ2v) is 6.41. The van der Waals surface area contributed by atoms with Crippen LogP contribution in [0.1, 0.15) is 18.4 Å². The molecule has 0 aliphatic rings. The zero-order chi connectivity index (χ0) is 19.4. The number of nitrogens with one attached hydrogen (secondary N) is 2. The van der Waals surface area contributed by atoms with E-state index in [1.54, 1.807) is 12.3 Å². The molecular weight excluding hydrogens is 350 g/mol. The smallest absolute Gasteiger partial charge is 0.228 e. The molecule has 0 fully saturated rings. The minimum absolute atomic E-state index is 0.119. The number of pyridine rings is 1. The molecule has 0 saturated heterocycles. The average Bonchev–Trinajstić information content (AvgIpc) is 2.74. The SMILES string of the molecule is O=C(CCOc1ccccc1)Nc1ccc(NCCCc2ccccc2)cn1. The molecule has 3 aromatic rings. The average molecular weight is 375 g/mol. The van der Waals surface area contributed by atoms with Crippen LogP contribution >= 0.6 is 0 Å². The molecule has 0 spiro atoms. The van der Waals surface area contributed by atoms with Gasteiger partial charge >= 0.3 is 0 Å². The van der Waals surface area contributed by atoms with Crippen LogP contribution in [0, 0.1) is 0 Å². The monoisotopic (exact) mass is 375 g/mol. The van der Waals surface area contributed by atoms with Crippen LogP contribution in [0.2, 0.25) is 0 Å².